The second kappa shape index (κ2) is 15.5. The monoisotopic (exact) mass is 615 g/mol. The number of amides is 2. The van der Waals surface area contributed by atoms with Gasteiger partial charge in [0.15, 0.2) is 11.0 Å². The molecule has 2 heterocycles. The molecule has 0 fully saturated rings. The van der Waals surface area contributed by atoms with Gasteiger partial charge in [-0.1, -0.05) is 42.8 Å². The van der Waals surface area contributed by atoms with Gasteiger partial charge in [0.2, 0.25) is 5.91 Å². The van der Waals surface area contributed by atoms with Crippen molar-refractivity contribution < 1.29 is 28.7 Å². The summed E-state index contributed by atoms with van der Waals surface area (Å²) >= 11 is 2.19. The van der Waals surface area contributed by atoms with E-state index in [1.54, 1.807) is 33.8 Å². The molecule has 1 aromatic carbocycles. The lowest BCUT2D eigenvalue weighted by molar-refractivity contribution is -0.115. The fourth-order valence-electron chi connectivity index (χ4n) is 3.99. The molecule has 1 atom stereocenters. The van der Waals surface area contributed by atoms with E-state index >= 15 is 0 Å². The average molecular weight is 616 g/mol. The maximum absolute atomic E-state index is 13.3. The second-order valence-electron chi connectivity index (χ2n) is 9.41. The molecular weight excluding hydrogens is 578 g/mol. The molecule has 1 unspecified atom stereocenters. The molecule has 0 aliphatic rings. The van der Waals surface area contributed by atoms with Crippen LogP contribution in [0.2, 0.25) is 0 Å². The molecule has 226 valence electrons. The van der Waals surface area contributed by atoms with Gasteiger partial charge in [0.1, 0.15) is 9.88 Å². The molecule has 0 saturated carbocycles. The molecule has 0 saturated heterocycles. The number of carbonyl (C=O) groups is 4. The van der Waals surface area contributed by atoms with Crippen molar-refractivity contribution in [1.82, 2.24) is 20.1 Å². The zero-order valence-electron chi connectivity index (χ0n) is 24.7. The van der Waals surface area contributed by atoms with Crippen molar-refractivity contribution >= 4 is 51.9 Å². The first-order valence-corrected chi connectivity index (χ1v) is 15.5. The smallest absolute Gasteiger partial charge is 0.348 e. The molecule has 2 aromatic heterocycles. The molecule has 13 heteroatoms. The zero-order chi connectivity index (χ0) is 30.8. The van der Waals surface area contributed by atoms with Crippen LogP contribution in [0.4, 0.5) is 5.00 Å². The standard InChI is InChI=1S/C29H37N5O6S2/c1-7-10-14-34-21(16-30-25(36)20-13-11-12-17(4)15-20)32-33-29(34)41-19(6)24(35)31-26-22(27(37)39-8-2)18(5)23(42-26)28(38)40-9-3/h11-13,15,19H,7-10,14,16H2,1-6H3,(H,30,36)(H,31,35). The fraction of sp³-hybridized carbons (Fsp3) is 0.448. The van der Waals surface area contributed by atoms with Crippen molar-refractivity contribution in [2.45, 2.75) is 77.9 Å². The van der Waals surface area contributed by atoms with Crippen LogP contribution >= 0.6 is 23.1 Å². The van der Waals surface area contributed by atoms with E-state index in [1.165, 1.54) is 11.8 Å². The van der Waals surface area contributed by atoms with Gasteiger partial charge in [0.05, 0.1) is 30.6 Å². The largest absolute Gasteiger partial charge is 0.462 e. The van der Waals surface area contributed by atoms with Gasteiger partial charge in [-0.2, -0.15) is 0 Å². The molecule has 0 radical (unpaired) electrons. The summed E-state index contributed by atoms with van der Waals surface area (Å²) in [5, 5.41) is 14.4. The highest BCUT2D eigenvalue weighted by Crippen LogP contribution is 2.35. The molecule has 0 aliphatic carbocycles. The first-order valence-electron chi connectivity index (χ1n) is 13.8. The van der Waals surface area contributed by atoms with Crippen LogP contribution in [0.5, 0.6) is 0 Å². The topological polar surface area (TPSA) is 142 Å². The van der Waals surface area contributed by atoms with Gasteiger partial charge >= 0.3 is 11.9 Å². The molecule has 3 rings (SSSR count). The van der Waals surface area contributed by atoms with E-state index < -0.39 is 17.2 Å². The summed E-state index contributed by atoms with van der Waals surface area (Å²) in [5.41, 5.74) is 2.08. The predicted molar refractivity (Wildman–Crippen MR) is 162 cm³/mol. The highest BCUT2D eigenvalue weighted by Gasteiger charge is 2.29. The Labute approximate surface area is 253 Å². The number of esters is 2. The molecular formula is C29H37N5O6S2. The number of nitrogens with one attached hydrogen (secondary N) is 2. The van der Waals surface area contributed by atoms with Crippen LogP contribution in [0.25, 0.3) is 0 Å². The van der Waals surface area contributed by atoms with Crippen LogP contribution < -0.4 is 10.6 Å². The Kier molecular flexibility index (Phi) is 12.1. The summed E-state index contributed by atoms with van der Waals surface area (Å²) in [7, 11) is 0. The number of nitrogens with zero attached hydrogens (tertiary/aromatic N) is 3. The number of benzene rings is 1. The maximum atomic E-state index is 13.3. The van der Waals surface area contributed by atoms with Gasteiger partial charge in [-0.25, -0.2) is 9.59 Å². The van der Waals surface area contributed by atoms with E-state index in [0.717, 1.165) is 29.7 Å². The quantitative estimate of drug-likeness (QED) is 0.186. The number of aromatic nitrogens is 3. The average Bonchev–Trinajstić information content (AvgIpc) is 3.49. The maximum Gasteiger partial charge on any atom is 0.348 e. The van der Waals surface area contributed by atoms with Crippen molar-refractivity contribution in [2.75, 3.05) is 18.5 Å². The number of hydrogen-bond donors (Lipinski definition) is 2. The van der Waals surface area contributed by atoms with E-state index in [9.17, 15) is 19.2 Å². The summed E-state index contributed by atoms with van der Waals surface area (Å²) in [5.74, 6) is -1.22. The van der Waals surface area contributed by atoms with Gasteiger partial charge in [-0.3, -0.25) is 9.59 Å². The Morgan fingerprint density at radius 3 is 2.43 bits per heavy atom. The summed E-state index contributed by atoms with van der Waals surface area (Å²) in [4.78, 5) is 51.4. The zero-order valence-corrected chi connectivity index (χ0v) is 26.4. The predicted octanol–water partition coefficient (Wildman–Crippen LogP) is 5.16. The Bertz CT molecular complexity index is 1430. The van der Waals surface area contributed by atoms with E-state index in [-0.39, 0.29) is 47.0 Å². The molecule has 2 N–H and O–H groups in total. The lowest BCUT2D eigenvalue weighted by Gasteiger charge is -2.14. The number of thioether (sulfide) groups is 1. The normalized spacial score (nSPS) is 11.6. The van der Waals surface area contributed by atoms with Crippen LogP contribution in [0.3, 0.4) is 0 Å². The Balaban J connectivity index is 1.77. The van der Waals surface area contributed by atoms with E-state index in [4.69, 9.17) is 9.47 Å². The first kappa shape index (κ1) is 32.8. The molecule has 42 heavy (non-hydrogen) atoms. The third kappa shape index (κ3) is 8.19. The Hall–Kier alpha value is -3.71. The third-order valence-corrected chi connectivity index (χ3v) is 8.46. The molecule has 3 aromatic rings. The molecule has 0 aliphatic heterocycles. The summed E-state index contributed by atoms with van der Waals surface area (Å²) in [6.45, 7) is 11.8. The van der Waals surface area contributed by atoms with Gasteiger partial charge in [0.25, 0.3) is 5.91 Å². The highest BCUT2D eigenvalue weighted by atomic mass is 32.2. The summed E-state index contributed by atoms with van der Waals surface area (Å²) < 4.78 is 12.2. The number of thiophene rings is 1. The Morgan fingerprint density at radius 2 is 1.76 bits per heavy atom. The second-order valence-corrected chi connectivity index (χ2v) is 11.7. The highest BCUT2D eigenvalue weighted by molar-refractivity contribution is 8.00. The van der Waals surface area contributed by atoms with Crippen molar-refractivity contribution in [3.8, 4) is 0 Å². The van der Waals surface area contributed by atoms with Crippen molar-refractivity contribution in [1.29, 1.82) is 0 Å². The number of rotatable bonds is 14. The van der Waals surface area contributed by atoms with Crippen molar-refractivity contribution in [3.63, 3.8) is 0 Å². The van der Waals surface area contributed by atoms with Crippen LogP contribution in [-0.4, -0.2) is 57.0 Å². The molecule has 11 nitrogen and oxygen atoms in total. The van der Waals surface area contributed by atoms with Crippen molar-refractivity contribution in [3.05, 3.63) is 57.2 Å². The SMILES string of the molecule is CCCCn1c(CNC(=O)c2cccc(C)c2)nnc1SC(C)C(=O)Nc1sc(C(=O)OCC)c(C)c1C(=O)OCC. The number of hydrogen-bond acceptors (Lipinski definition) is 10. The summed E-state index contributed by atoms with van der Waals surface area (Å²) in [6, 6.07) is 7.33. The first-order chi connectivity index (χ1) is 20.1. The number of ether oxygens (including phenoxy) is 2. The number of aryl methyl sites for hydroxylation is 1. The van der Waals surface area contributed by atoms with Crippen molar-refractivity contribution in [2.24, 2.45) is 0 Å². The van der Waals surface area contributed by atoms with E-state index in [2.05, 4.69) is 27.8 Å². The minimum atomic E-state index is -0.632. The van der Waals surface area contributed by atoms with Crippen LogP contribution in [-0.2, 0) is 27.4 Å². The number of carbonyl (C=O) groups excluding carboxylic acids is 4. The van der Waals surface area contributed by atoms with Gasteiger partial charge < -0.3 is 24.7 Å². The minimum absolute atomic E-state index is 0.133. The van der Waals surface area contributed by atoms with Gasteiger partial charge in [0, 0.05) is 12.1 Å². The molecule has 0 bridgehead atoms. The number of anilines is 1. The molecule has 2 amide bonds. The lowest BCUT2D eigenvalue weighted by Crippen LogP contribution is -2.25. The number of unbranched alkanes of at least 4 members (excludes halogenated alkanes) is 1. The van der Waals surface area contributed by atoms with E-state index in [0.29, 0.717) is 28.7 Å². The van der Waals surface area contributed by atoms with Crippen LogP contribution in [0.15, 0.2) is 29.4 Å². The van der Waals surface area contributed by atoms with Crippen LogP contribution in [0.1, 0.15) is 87.9 Å². The van der Waals surface area contributed by atoms with Gasteiger partial charge in [-0.05, 0) is 58.7 Å². The third-order valence-electron chi connectivity index (χ3n) is 6.19. The fourth-order valence-corrected chi connectivity index (χ4v) is 5.98. The van der Waals surface area contributed by atoms with Crippen LogP contribution in [0, 0.1) is 13.8 Å². The minimum Gasteiger partial charge on any atom is -0.462 e. The van der Waals surface area contributed by atoms with Gasteiger partial charge in [-0.15, -0.1) is 21.5 Å². The van der Waals surface area contributed by atoms with E-state index in [1.807, 2.05) is 29.7 Å². The lowest BCUT2D eigenvalue weighted by atomic mass is 10.1. The molecule has 0 spiro atoms. The Morgan fingerprint density at radius 1 is 1.05 bits per heavy atom. The summed E-state index contributed by atoms with van der Waals surface area (Å²) in [6.07, 6.45) is 1.80.